The molecule has 0 aromatic carbocycles. The van der Waals surface area contributed by atoms with Gasteiger partial charge in [0.05, 0.1) is 17.2 Å². The van der Waals surface area contributed by atoms with E-state index in [2.05, 4.69) is 17.2 Å². The molecule has 1 N–H and O–H groups in total. The Bertz CT molecular complexity index is 444. The van der Waals surface area contributed by atoms with Gasteiger partial charge in [-0.25, -0.2) is 9.78 Å². The molecule has 1 atom stereocenters. The van der Waals surface area contributed by atoms with E-state index in [-0.39, 0.29) is 24.5 Å². The highest BCUT2D eigenvalue weighted by Crippen LogP contribution is 2.16. The number of rotatable bonds is 5. The summed E-state index contributed by atoms with van der Waals surface area (Å²) in [6, 6.07) is -0.0375. The molecule has 1 amide bonds. The molecule has 1 aromatic rings. The Kier molecular flexibility index (Phi) is 4.30. The summed E-state index contributed by atoms with van der Waals surface area (Å²) < 4.78 is 5.17. The number of carbonyl (C=O) groups is 2. The second kappa shape index (κ2) is 5.95. The Morgan fingerprint density at radius 2 is 2.50 bits per heavy atom. The maximum atomic E-state index is 11.7. The van der Waals surface area contributed by atoms with Crippen molar-refractivity contribution in [3.63, 3.8) is 0 Å². The molecule has 0 spiro atoms. The largest absolute Gasteiger partial charge is 0.459 e. The molecule has 2 rings (SSSR count). The normalized spacial score (nSPS) is 18.7. The minimum Gasteiger partial charge on any atom is -0.459 e. The van der Waals surface area contributed by atoms with E-state index in [1.165, 1.54) is 11.3 Å². The standard InChI is InChI=1S/C12H16N2O3S/c1-2-3-11-13-6-9(18-11)12(16)17-7-8-4-5-10(15)14-8/h6,8H,2-5,7H2,1H3,(H,14,15). The average Bonchev–Trinajstić information content (AvgIpc) is 2.96. The average molecular weight is 268 g/mol. The third-order valence-electron chi connectivity index (χ3n) is 2.72. The summed E-state index contributed by atoms with van der Waals surface area (Å²) >= 11 is 1.38. The van der Waals surface area contributed by atoms with E-state index in [1.54, 1.807) is 6.20 Å². The lowest BCUT2D eigenvalue weighted by atomic mass is 10.2. The van der Waals surface area contributed by atoms with Gasteiger partial charge >= 0.3 is 5.97 Å². The molecule has 5 nitrogen and oxygen atoms in total. The Morgan fingerprint density at radius 3 is 3.17 bits per heavy atom. The highest BCUT2D eigenvalue weighted by atomic mass is 32.1. The third-order valence-corrected chi connectivity index (χ3v) is 3.76. The van der Waals surface area contributed by atoms with Crippen LogP contribution in [0, 0.1) is 0 Å². The van der Waals surface area contributed by atoms with E-state index in [1.807, 2.05) is 0 Å². The van der Waals surface area contributed by atoms with Crippen LogP contribution in [-0.2, 0) is 16.0 Å². The van der Waals surface area contributed by atoms with Crippen molar-refractivity contribution in [2.24, 2.45) is 0 Å². The maximum Gasteiger partial charge on any atom is 0.350 e. The summed E-state index contributed by atoms with van der Waals surface area (Å²) in [4.78, 5) is 27.4. The second-order valence-electron chi connectivity index (χ2n) is 4.27. The number of hydrogen-bond donors (Lipinski definition) is 1. The second-order valence-corrected chi connectivity index (χ2v) is 5.39. The van der Waals surface area contributed by atoms with E-state index in [9.17, 15) is 9.59 Å². The summed E-state index contributed by atoms with van der Waals surface area (Å²) in [5, 5.41) is 3.71. The smallest absolute Gasteiger partial charge is 0.350 e. The number of ether oxygens (including phenoxy) is 1. The summed E-state index contributed by atoms with van der Waals surface area (Å²) in [7, 11) is 0. The third kappa shape index (κ3) is 3.29. The van der Waals surface area contributed by atoms with Crippen LogP contribution in [0.5, 0.6) is 0 Å². The molecule has 1 aliphatic rings. The number of aromatic nitrogens is 1. The number of carbonyl (C=O) groups excluding carboxylic acids is 2. The Morgan fingerprint density at radius 1 is 1.67 bits per heavy atom. The van der Waals surface area contributed by atoms with Gasteiger partial charge in [-0.05, 0) is 19.3 Å². The van der Waals surface area contributed by atoms with Crippen molar-refractivity contribution in [3.8, 4) is 0 Å². The van der Waals surface area contributed by atoms with Crippen molar-refractivity contribution in [1.29, 1.82) is 0 Å². The SMILES string of the molecule is CCCc1ncc(C(=O)OCC2CCC(=O)N2)s1. The van der Waals surface area contributed by atoms with Gasteiger partial charge in [-0.2, -0.15) is 0 Å². The van der Waals surface area contributed by atoms with Crippen molar-refractivity contribution >= 4 is 23.2 Å². The minimum absolute atomic E-state index is 0.0269. The van der Waals surface area contributed by atoms with E-state index >= 15 is 0 Å². The van der Waals surface area contributed by atoms with Crippen molar-refractivity contribution < 1.29 is 14.3 Å². The molecule has 1 aromatic heterocycles. The number of nitrogens with one attached hydrogen (secondary N) is 1. The fraction of sp³-hybridized carbons (Fsp3) is 0.583. The molecule has 98 valence electrons. The minimum atomic E-state index is -0.351. The molecule has 1 unspecified atom stereocenters. The summed E-state index contributed by atoms with van der Waals surface area (Å²) in [6.45, 7) is 2.31. The van der Waals surface area contributed by atoms with Crippen LogP contribution in [0.15, 0.2) is 6.20 Å². The summed E-state index contributed by atoms with van der Waals surface area (Å²) in [5.41, 5.74) is 0. The van der Waals surface area contributed by atoms with Crippen molar-refractivity contribution in [3.05, 3.63) is 16.1 Å². The quantitative estimate of drug-likeness (QED) is 0.822. The van der Waals surface area contributed by atoms with Gasteiger partial charge in [0.15, 0.2) is 0 Å². The molecule has 0 radical (unpaired) electrons. The molecule has 1 saturated heterocycles. The van der Waals surface area contributed by atoms with Crippen LogP contribution < -0.4 is 5.32 Å². The molecule has 1 fully saturated rings. The fourth-order valence-electron chi connectivity index (χ4n) is 1.78. The molecule has 0 saturated carbocycles. The lowest BCUT2D eigenvalue weighted by Crippen LogP contribution is -2.30. The Labute approximate surface area is 110 Å². The monoisotopic (exact) mass is 268 g/mol. The van der Waals surface area contributed by atoms with E-state index in [0.717, 1.165) is 24.3 Å². The van der Waals surface area contributed by atoms with Gasteiger partial charge < -0.3 is 10.1 Å². The zero-order chi connectivity index (χ0) is 13.0. The van der Waals surface area contributed by atoms with Crippen LogP contribution in [-0.4, -0.2) is 29.5 Å². The summed E-state index contributed by atoms with van der Waals surface area (Å²) in [5.74, 6) is -0.324. The number of hydrogen-bond acceptors (Lipinski definition) is 5. The van der Waals surface area contributed by atoms with Crippen LogP contribution in [0.3, 0.4) is 0 Å². The van der Waals surface area contributed by atoms with Crippen LogP contribution in [0.1, 0.15) is 40.9 Å². The highest BCUT2D eigenvalue weighted by Gasteiger charge is 2.22. The van der Waals surface area contributed by atoms with Crippen LogP contribution >= 0.6 is 11.3 Å². The van der Waals surface area contributed by atoms with Gasteiger partial charge in [0.2, 0.25) is 5.91 Å². The topological polar surface area (TPSA) is 68.3 Å². The fourth-order valence-corrected chi connectivity index (χ4v) is 2.70. The Hall–Kier alpha value is -1.43. The van der Waals surface area contributed by atoms with Crippen LogP contribution in [0.4, 0.5) is 0 Å². The number of amides is 1. The molecule has 2 heterocycles. The van der Waals surface area contributed by atoms with Crippen molar-refractivity contribution in [2.45, 2.75) is 38.6 Å². The molecule has 18 heavy (non-hydrogen) atoms. The predicted molar refractivity (Wildman–Crippen MR) is 67.6 cm³/mol. The van der Waals surface area contributed by atoms with Crippen LogP contribution in [0.25, 0.3) is 0 Å². The van der Waals surface area contributed by atoms with Crippen molar-refractivity contribution in [1.82, 2.24) is 10.3 Å². The molecular formula is C12H16N2O3S. The van der Waals surface area contributed by atoms with Gasteiger partial charge in [0.1, 0.15) is 11.5 Å². The zero-order valence-electron chi connectivity index (χ0n) is 10.3. The number of nitrogens with zero attached hydrogens (tertiary/aromatic N) is 1. The number of esters is 1. The van der Waals surface area contributed by atoms with E-state index < -0.39 is 0 Å². The first-order chi connectivity index (χ1) is 8.69. The zero-order valence-corrected chi connectivity index (χ0v) is 11.1. The number of aryl methyl sites for hydroxylation is 1. The van der Waals surface area contributed by atoms with Crippen molar-refractivity contribution in [2.75, 3.05) is 6.61 Å². The molecule has 0 bridgehead atoms. The van der Waals surface area contributed by atoms with Gasteiger partial charge in [0.25, 0.3) is 0 Å². The van der Waals surface area contributed by atoms with Gasteiger partial charge in [-0.3, -0.25) is 4.79 Å². The summed E-state index contributed by atoms with van der Waals surface area (Å²) in [6.07, 6.45) is 4.71. The first kappa shape index (κ1) is 13.0. The Balaban J connectivity index is 1.81. The van der Waals surface area contributed by atoms with Gasteiger partial charge in [-0.1, -0.05) is 6.92 Å². The predicted octanol–water partition coefficient (Wildman–Crippen LogP) is 1.53. The number of thiazole rings is 1. The van der Waals surface area contributed by atoms with Gasteiger partial charge in [0, 0.05) is 6.42 Å². The van der Waals surface area contributed by atoms with E-state index in [4.69, 9.17) is 4.74 Å². The lowest BCUT2D eigenvalue weighted by Gasteiger charge is -2.09. The molecule has 1 aliphatic heterocycles. The first-order valence-electron chi connectivity index (χ1n) is 6.10. The lowest BCUT2D eigenvalue weighted by molar-refractivity contribution is -0.119. The van der Waals surface area contributed by atoms with Gasteiger partial charge in [-0.15, -0.1) is 11.3 Å². The highest BCUT2D eigenvalue weighted by molar-refractivity contribution is 7.13. The van der Waals surface area contributed by atoms with E-state index in [0.29, 0.717) is 11.3 Å². The maximum absolute atomic E-state index is 11.7. The molecular weight excluding hydrogens is 252 g/mol. The molecule has 6 heteroatoms. The molecule has 0 aliphatic carbocycles. The van der Waals surface area contributed by atoms with Crippen LogP contribution in [0.2, 0.25) is 0 Å². The first-order valence-corrected chi connectivity index (χ1v) is 6.92.